The molecule has 1 saturated heterocycles. The molecule has 88 valence electrons. The molecular formula is C12H25N3. The second-order valence-corrected chi connectivity index (χ2v) is 6.03. The largest absolute Gasteiger partial charge is 0.324 e. The first-order valence-corrected chi connectivity index (χ1v) is 6.23. The molecule has 1 atom stereocenters. The fourth-order valence-corrected chi connectivity index (χ4v) is 2.55. The summed E-state index contributed by atoms with van der Waals surface area (Å²) in [5.74, 6) is 0. The van der Waals surface area contributed by atoms with Crippen LogP contribution in [0.4, 0.5) is 0 Å². The van der Waals surface area contributed by atoms with Crippen molar-refractivity contribution in [3.8, 4) is 0 Å². The zero-order chi connectivity index (χ0) is 11.1. The monoisotopic (exact) mass is 211 g/mol. The highest BCUT2D eigenvalue weighted by Gasteiger charge is 2.34. The lowest BCUT2D eigenvalue weighted by Crippen LogP contribution is -2.57. The molecule has 3 nitrogen and oxygen atoms in total. The van der Waals surface area contributed by atoms with Gasteiger partial charge in [-0.05, 0) is 33.6 Å². The molecule has 0 aromatic rings. The van der Waals surface area contributed by atoms with E-state index in [1.807, 2.05) is 0 Å². The third kappa shape index (κ3) is 3.16. The molecule has 2 fully saturated rings. The van der Waals surface area contributed by atoms with Crippen molar-refractivity contribution in [1.82, 2.24) is 9.80 Å². The quantitative estimate of drug-likeness (QED) is 0.752. The third-order valence-electron chi connectivity index (χ3n) is 3.47. The first-order chi connectivity index (χ1) is 6.96. The molecule has 1 aliphatic carbocycles. The topological polar surface area (TPSA) is 32.5 Å². The Morgan fingerprint density at radius 2 is 1.93 bits per heavy atom. The zero-order valence-electron chi connectivity index (χ0n) is 10.4. The summed E-state index contributed by atoms with van der Waals surface area (Å²) in [6, 6.07) is 1.59. The lowest BCUT2D eigenvalue weighted by Gasteiger charge is -2.42. The van der Waals surface area contributed by atoms with Crippen molar-refractivity contribution in [3.05, 3.63) is 0 Å². The summed E-state index contributed by atoms with van der Waals surface area (Å²) in [6.07, 6.45) is 2.85. The Hall–Kier alpha value is -0.120. The predicted molar refractivity (Wildman–Crippen MR) is 63.9 cm³/mol. The number of nitrogens with two attached hydrogens (primary N) is 1. The van der Waals surface area contributed by atoms with Crippen LogP contribution in [0.1, 0.15) is 33.6 Å². The Kier molecular flexibility index (Phi) is 3.06. The van der Waals surface area contributed by atoms with E-state index in [1.165, 1.54) is 32.5 Å². The van der Waals surface area contributed by atoms with E-state index >= 15 is 0 Å². The van der Waals surface area contributed by atoms with Crippen LogP contribution in [0.15, 0.2) is 0 Å². The van der Waals surface area contributed by atoms with Crippen molar-refractivity contribution < 1.29 is 0 Å². The molecule has 0 aromatic carbocycles. The second-order valence-electron chi connectivity index (χ2n) is 6.03. The SMILES string of the molecule is CC1CN(C2CC2)CCN1CC(C)(C)N. The van der Waals surface area contributed by atoms with Gasteiger partial charge in [-0.2, -0.15) is 0 Å². The number of hydrogen-bond donors (Lipinski definition) is 1. The molecule has 2 N–H and O–H groups in total. The van der Waals surface area contributed by atoms with Crippen LogP contribution >= 0.6 is 0 Å². The van der Waals surface area contributed by atoms with Crippen molar-refractivity contribution in [3.63, 3.8) is 0 Å². The maximum atomic E-state index is 6.08. The molecular weight excluding hydrogens is 186 g/mol. The van der Waals surface area contributed by atoms with Crippen LogP contribution in [0.5, 0.6) is 0 Å². The summed E-state index contributed by atoms with van der Waals surface area (Å²) in [4.78, 5) is 5.20. The van der Waals surface area contributed by atoms with Gasteiger partial charge in [-0.3, -0.25) is 9.80 Å². The summed E-state index contributed by atoms with van der Waals surface area (Å²) < 4.78 is 0. The molecule has 0 radical (unpaired) electrons. The van der Waals surface area contributed by atoms with Gasteiger partial charge in [0.1, 0.15) is 0 Å². The second kappa shape index (κ2) is 4.04. The molecule has 0 bridgehead atoms. The van der Waals surface area contributed by atoms with Gasteiger partial charge in [0, 0.05) is 43.8 Å². The summed E-state index contributed by atoms with van der Waals surface area (Å²) in [5.41, 5.74) is 6.02. The van der Waals surface area contributed by atoms with E-state index in [-0.39, 0.29) is 5.54 Å². The molecule has 1 unspecified atom stereocenters. The van der Waals surface area contributed by atoms with Crippen molar-refractivity contribution in [2.75, 3.05) is 26.2 Å². The summed E-state index contributed by atoms with van der Waals surface area (Å²) >= 11 is 0. The van der Waals surface area contributed by atoms with Gasteiger partial charge in [-0.25, -0.2) is 0 Å². The molecule has 0 spiro atoms. The van der Waals surface area contributed by atoms with Crippen LogP contribution < -0.4 is 5.73 Å². The van der Waals surface area contributed by atoms with E-state index in [0.717, 1.165) is 12.6 Å². The number of nitrogens with zero attached hydrogens (tertiary/aromatic N) is 2. The first kappa shape index (κ1) is 11.4. The van der Waals surface area contributed by atoms with Crippen LogP contribution in [0.25, 0.3) is 0 Å². The van der Waals surface area contributed by atoms with E-state index in [0.29, 0.717) is 6.04 Å². The lowest BCUT2D eigenvalue weighted by atomic mass is 10.0. The highest BCUT2D eigenvalue weighted by Crippen LogP contribution is 2.28. The van der Waals surface area contributed by atoms with Gasteiger partial charge < -0.3 is 5.73 Å². The highest BCUT2D eigenvalue weighted by molar-refractivity contribution is 4.91. The fraction of sp³-hybridized carbons (Fsp3) is 1.00. The normalized spacial score (nSPS) is 30.8. The molecule has 0 amide bonds. The zero-order valence-corrected chi connectivity index (χ0v) is 10.4. The number of hydrogen-bond acceptors (Lipinski definition) is 3. The standard InChI is InChI=1S/C12H25N3/c1-10-8-14(11-4-5-11)6-7-15(10)9-12(2,3)13/h10-11H,4-9,13H2,1-3H3. The Bertz CT molecular complexity index is 217. The fourth-order valence-electron chi connectivity index (χ4n) is 2.55. The van der Waals surface area contributed by atoms with Gasteiger partial charge in [0.2, 0.25) is 0 Å². The van der Waals surface area contributed by atoms with Crippen LogP contribution in [-0.4, -0.2) is 53.6 Å². The van der Waals surface area contributed by atoms with Crippen LogP contribution in [0.3, 0.4) is 0 Å². The average Bonchev–Trinajstić information content (AvgIpc) is 2.89. The Labute approximate surface area is 93.6 Å². The van der Waals surface area contributed by atoms with Crippen molar-refractivity contribution >= 4 is 0 Å². The third-order valence-corrected chi connectivity index (χ3v) is 3.47. The van der Waals surface area contributed by atoms with Gasteiger partial charge in [0.05, 0.1) is 0 Å². The highest BCUT2D eigenvalue weighted by atomic mass is 15.3. The van der Waals surface area contributed by atoms with Gasteiger partial charge >= 0.3 is 0 Å². The van der Waals surface area contributed by atoms with Crippen LogP contribution in [0.2, 0.25) is 0 Å². The molecule has 2 rings (SSSR count). The summed E-state index contributed by atoms with van der Waals surface area (Å²) in [6.45, 7) is 11.3. The average molecular weight is 211 g/mol. The molecule has 3 heteroatoms. The Morgan fingerprint density at radius 1 is 1.27 bits per heavy atom. The molecule has 1 heterocycles. The molecule has 1 aliphatic heterocycles. The van der Waals surface area contributed by atoms with Gasteiger partial charge in [0.25, 0.3) is 0 Å². The molecule has 0 aromatic heterocycles. The van der Waals surface area contributed by atoms with Gasteiger partial charge in [-0.15, -0.1) is 0 Å². The minimum absolute atomic E-state index is 0.0595. The maximum Gasteiger partial charge on any atom is 0.0226 e. The Balaban J connectivity index is 1.83. The van der Waals surface area contributed by atoms with E-state index in [4.69, 9.17) is 5.73 Å². The predicted octanol–water partition coefficient (Wildman–Crippen LogP) is 0.892. The summed E-state index contributed by atoms with van der Waals surface area (Å²) in [7, 11) is 0. The number of rotatable bonds is 3. The van der Waals surface area contributed by atoms with Gasteiger partial charge in [-0.1, -0.05) is 0 Å². The minimum atomic E-state index is -0.0595. The van der Waals surface area contributed by atoms with Crippen molar-refractivity contribution in [2.24, 2.45) is 5.73 Å². The van der Waals surface area contributed by atoms with E-state index in [2.05, 4.69) is 30.6 Å². The maximum absolute atomic E-state index is 6.08. The summed E-state index contributed by atoms with van der Waals surface area (Å²) in [5, 5.41) is 0. The molecule has 15 heavy (non-hydrogen) atoms. The van der Waals surface area contributed by atoms with Crippen molar-refractivity contribution in [1.29, 1.82) is 0 Å². The van der Waals surface area contributed by atoms with Crippen LogP contribution in [-0.2, 0) is 0 Å². The van der Waals surface area contributed by atoms with E-state index < -0.39 is 0 Å². The molecule has 2 aliphatic rings. The van der Waals surface area contributed by atoms with E-state index in [1.54, 1.807) is 0 Å². The molecule has 1 saturated carbocycles. The van der Waals surface area contributed by atoms with Crippen LogP contribution in [0, 0.1) is 0 Å². The smallest absolute Gasteiger partial charge is 0.0226 e. The van der Waals surface area contributed by atoms with Gasteiger partial charge in [0.15, 0.2) is 0 Å². The lowest BCUT2D eigenvalue weighted by molar-refractivity contribution is 0.0652. The Morgan fingerprint density at radius 3 is 2.40 bits per heavy atom. The van der Waals surface area contributed by atoms with Crippen molar-refractivity contribution in [2.45, 2.75) is 51.2 Å². The van der Waals surface area contributed by atoms with E-state index in [9.17, 15) is 0 Å². The first-order valence-electron chi connectivity index (χ1n) is 6.23. The minimum Gasteiger partial charge on any atom is -0.324 e. The number of piperazine rings is 1.